The van der Waals surface area contributed by atoms with Gasteiger partial charge in [-0.2, -0.15) is 23.1 Å². The van der Waals surface area contributed by atoms with Crippen molar-refractivity contribution in [2.45, 2.75) is 50.2 Å². The predicted octanol–water partition coefficient (Wildman–Crippen LogP) is 4.32. The van der Waals surface area contributed by atoms with Gasteiger partial charge in [0.1, 0.15) is 5.78 Å². The van der Waals surface area contributed by atoms with Crippen molar-refractivity contribution < 1.29 is 4.79 Å². The number of aryl methyl sites for hydroxylation is 1. The average molecular weight is 268 g/mol. The van der Waals surface area contributed by atoms with Gasteiger partial charge in [-0.1, -0.05) is 19.3 Å². The zero-order valence-electron chi connectivity index (χ0n) is 10.2. The predicted molar refractivity (Wildman–Crippen MR) is 77.0 cm³/mol. The van der Waals surface area contributed by atoms with E-state index in [0.717, 1.165) is 23.8 Å². The van der Waals surface area contributed by atoms with Crippen LogP contribution in [0.15, 0.2) is 16.8 Å². The van der Waals surface area contributed by atoms with Crippen LogP contribution in [0.4, 0.5) is 0 Å². The number of thiophene rings is 1. The number of carbonyl (C=O) groups excluding carboxylic acids is 1. The van der Waals surface area contributed by atoms with Crippen LogP contribution in [0, 0.1) is 0 Å². The van der Waals surface area contributed by atoms with Gasteiger partial charge in [0.2, 0.25) is 0 Å². The highest BCUT2D eigenvalue weighted by Crippen LogP contribution is 2.28. The van der Waals surface area contributed by atoms with Gasteiger partial charge in [0, 0.05) is 11.7 Å². The van der Waals surface area contributed by atoms with E-state index in [-0.39, 0.29) is 0 Å². The van der Waals surface area contributed by atoms with Crippen molar-refractivity contribution in [3.8, 4) is 0 Å². The van der Waals surface area contributed by atoms with E-state index in [1.807, 2.05) is 11.8 Å². The third-order valence-corrected chi connectivity index (χ3v) is 5.47. The largest absolute Gasteiger partial charge is 0.299 e. The molecule has 0 unspecified atom stereocenters. The molecular formula is C14H20OS2. The van der Waals surface area contributed by atoms with Crippen LogP contribution in [0.1, 0.15) is 44.1 Å². The van der Waals surface area contributed by atoms with Gasteiger partial charge in [-0.15, -0.1) is 0 Å². The molecule has 0 atom stereocenters. The minimum Gasteiger partial charge on any atom is -0.299 e. The summed E-state index contributed by atoms with van der Waals surface area (Å²) in [6, 6.07) is 2.12. The summed E-state index contributed by atoms with van der Waals surface area (Å²) in [7, 11) is 0. The maximum absolute atomic E-state index is 11.8. The first kappa shape index (κ1) is 13.2. The average Bonchev–Trinajstić information content (AvgIpc) is 2.88. The lowest BCUT2D eigenvalue weighted by Crippen LogP contribution is -2.12. The van der Waals surface area contributed by atoms with Crippen LogP contribution in [0.2, 0.25) is 0 Å². The summed E-state index contributed by atoms with van der Waals surface area (Å²) < 4.78 is 0. The number of hydrogen-bond donors (Lipinski definition) is 0. The third kappa shape index (κ3) is 4.84. The smallest absolute Gasteiger partial charge is 0.143 e. The monoisotopic (exact) mass is 268 g/mol. The number of ketones is 1. The molecule has 0 aliphatic heterocycles. The van der Waals surface area contributed by atoms with Crippen molar-refractivity contribution >= 4 is 28.9 Å². The van der Waals surface area contributed by atoms with Crippen molar-refractivity contribution in [2.24, 2.45) is 0 Å². The van der Waals surface area contributed by atoms with Crippen LogP contribution in [0.5, 0.6) is 0 Å². The Kier molecular flexibility index (Phi) is 5.59. The maximum atomic E-state index is 11.8. The Balaban J connectivity index is 1.60. The number of carbonyl (C=O) groups is 1. The molecule has 1 heterocycles. The van der Waals surface area contributed by atoms with Crippen LogP contribution in [-0.2, 0) is 11.2 Å². The highest BCUT2D eigenvalue weighted by atomic mass is 32.2. The Hall–Kier alpha value is -0.280. The number of hydrogen-bond acceptors (Lipinski definition) is 3. The van der Waals surface area contributed by atoms with Gasteiger partial charge in [-0.3, -0.25) is 4.79 Å². The maximum Gasteiger partial charge on any atom is 0.143 e. The lowest BCUT2D eigenvalue weighted by molar-refractivity contribution is -0.116. The van der Waals surface area contributed by atoms with Gasteiger partial charge in [-0.25, -0.2) is 0 Å². The summed E-state index contributed by atoms with van der Waals surface area (Å²) in [4.78, 5) is 11.8. The van der Waals surface area contributed by atoms with Crippen LogP contribution < -0.4 is 0 Å². The lowest BCUT2D eigenvalue weighted by Gasteiger charge is -2.20. The van der Waals surface area contributed by atoms with E-state index >= 15 is 0 Å². The Bertz CT molecular complexity index is 326. The van der Waals surface area contributed by atoms with Crippen molar-refractivity contribution in [1.29, 1.82) is 0 Å². The summed E-state index contributed by atoms with van der Waals surface area (Å²) in [6.45, 7) is 0. The molecule has 94 valence electrons. The first-order valence-corrected chi connectivity index (χ1v) is 8.48. The van der Waals surface area contributed by atoms with Crippen molar-refractivity contribution in [3.05, 3.63) is 22.4 Å². The summed E-state index contributed by atoms with van der Waals surface area (Å²) in [5, 5.41) is 4.98. The minimum atomic E-state index is 0.423. The van der Waals surface area contributed by atoms with E-state index in [1.54, 1.807) is 11.3 Å². The third-order valence-electron chi connectivity index (χ3n) is 3.30. The molecule has 1 fully saturated rings. The van der Waals surface area contributed by atoms with Gasteiger partial charge >= 0.3 is 0 Å². The van der Waals surface area contributed by atoms with Crippen molar-refractivity contribution in [1.82, 2.24) is 0 Å². The SMILES string of the molecule is O=C(CCc1ccsc1)CSC1CCCCC1. The van der Waals surface area contributed by atoms with Crippen molar-refractivity contribution in [2.75, 3.05) is 5.75 Å². The second-order valence-electron chi connectivity index (χ2n) is 4.74. The normalized spacial score (nSPS) is 17.2. The van der Waals surface area contributed by atoms with Gasteiger partial charge in [0.25, 0.3) is 0 Å². The molecular weight excluding hydrogens is 248 g/mol. The summed E-state index contributed by atoms with van der Waals surface area (Å²) >= 11 is 3.61. The standard InChI is InChI=1S/C14H20OS2/c15-13(7-6-12-8-9-16-10-12)11-17-14-4-2-1-3-5-14/h8-10,14H,1-7,11H2. The Morgan fingerprint density at radius 1 is 1.35 bits per heavy atom. The molecule has 0 aromatic carbocycles. The first-order chi connectivity index (χ1) is 8.34. The summed E-state index contributed by atoms with van der Waals surface area (Å²) in [5.74, 6) is 1.15. The fourth-order valence-corrected chi connectivity index (χ4v) is 4.17. The van der Waals surface area contributed by atoms with Crippen LogP contribution in [-0.4, -0.2) is 16.8 Å². The van der Waals surface area contributed by atoms with Crippen LogP contribution in [0.25, 0.3) is 0 Å². The van der Waals surface area contributed by atoms with E-state index in [2.05, 4.69) is 16.8 Å². The molecule has 1 aliphatic carbocycles. The molecule has 1 saturated carbocycles. The van der Waals surface area contributed by atoms with Crippen LogP contribution in [0.3, 0.4) is 0 Å². The quantitative estimate of drug-likeness (QED) is 0.764. The second-order valence-corrected chi connectivity index (χ2v) is 6.81. The zero-order valence-corrected chi connectivity index (χ0v) is 11.8. The minimum absolute atomic E-state index is 0.423. The summed E-state index contributed by atoms with van der Waals surface area (Å²) in [5.41, 5.74) is 1.31. The molecule has 2 rings (SSSR count). The van der Waals surface area contributed by atoms with Crippen molar-refractivity contribution in [3.63, 3.8) is 0 Å². The molecule has 1 aromatic rings. The molecule has 17 heavy (non-hydrogen) atoms. The molecule has 1 aliphatic rings. The number of Topliss-reactive ketones (excluding diaryl/α,β-unsaturated/α-hetero) is 1. The lowest BCUT2D eigenvalue weighted by atomic mass is 10.0. The van der Waals surface area contributed by atoms with E-state index in [1.165, 1.54) is 37.7 Å². The Morgan fingerprint density at radius 2 is 2.18 bits per heavy atom. The zero-order chi connectivity index (χ0) is 11.9. The fraction of sp³-hybridized carbons (Fsp3) is 0.643. The van der Waals surface area contributed by atoms with Gasteiger partial charge in [-0.05, 0) is 41.7 Å². The van der Waals surface area contributed by atoms with E-state index < -0.39 is 0 Å². The fourth-order valence-electron chi connectivity index (χ4n) is 2.23. The first-order valence-electron chi connectivity index (χ1n) is 6.49. The molecule has 0 amide bonds. The number of thioether (sulfide) groups is 1. The van der Waals surface area contributed by atoms with E-state index in [0.29, 0.717) is 5.78 Å². The molecule has 3 heteroatoms. The topological polar surface area (TPSA) is 17.1 Å². The molecule has 0 bridgehead atoms. The molecule has 1 nitrogen and oxygen atoms in total. The molecule has 0 radical (unpaired) electrons. The molecule has 1 aromatic heterocycles. The van der Waals surface area contributed by atoms with Gasteiger partial charge < -0.3 is 0 Å². The molecule has 0 N–H and O–H groups in total. The van der Waals surface area contributed by atoms with E-state index in [4.69, 9.17) is 0 Å². The van der Waals surface area contributed by atoms with Gasteiger partial charge in [0.15, 0.2) is 0 Å². The summed E-state index contributed by atoms with van der Waals surface area (Å²) in [6.07, 6.45) is 8.40. The van der Waals surface area contributed by atoms with Crippen LogP contribution >= 0.6 is 23.1 Å². The molecule has 0 saturated heterocycles. The Morgan fingerprint density at radius 3 is 2.88 bits per heavy atom. The number of rotatable bonds is 6. The Labute approximate surface area is 112 Å². The van der Waals surface area contributed by atoms with E-state index in [9.17, 15) is 4.79 Å². The second kappa shape index (κ2) is 7.22. The molecule has 0 spiro atoms. The highest BCUT2D eigenvalue weighted by molar-refractivity contribution is 8.00. The highest BCUT2D eigenvalue weighted by Gasteiger charge is 2.15. The van der Waals surface area contributed by atoms with Gasteiger partial charge in [0.05, 0.1) is 5.75 Å².